The van der Waals surface area contributed by atoms with Crippen LogP contribution in [0.3, 0.4) is 0 Å². The molecule has 5 nitrogen and oxygen atoms in total. The Hall–Kier alpha value is -1.30. The van der Waals surface area contributed by atoms with Crippen molar-refractivity contribution in [3.63, 3.8) is 0 Å². The molecule has 19 heavy (non-hydrogen) atoms. The molecule has 0 aliphatic heterocycles. The Balaban J connectivity index is 1.95. The number of nitrogen functional groups attached to an aromatic ring is 1. The zero-order chi connectivity index (χ0) is 13.9. The van der Waals surface area contributed by atoms with E-state index in [1.165, 1.54) is 43.4 Å². The third-order valence-electron chi connectivity index (χ3n) is 3.81. The van der Waals surface area contributed by atoms with Crippen LogP contribution in [0.15, 0.2) is 0 Å². The molecule has 1 aliphatic carbocycles. The van der Waals surface area contributed by atoms with E-state index in [9.17, 15) is 4.79 Å². The van der Waals surface area contributed by atoms with Gasteiger partial charge in [0, 0.05) is 13.6 Å². The molecule has 1 amide bonds. The maximum Gasteiger partial charge on any atom is 0.265 e. The van der Waals surface area contributed by atoms with E-state index in [-0.39, 0.29) is 11.3 Å². The highest BCUT2D eigenvalue weighted by atomic mass is 32.1. The van der Waals surface area contributed by atoms with Gasteiger partial charge in [0.05, 0.1) is 0 Å². The molecule has 1 aromatic heterocycles. The quantitative estimate of drug-likeness (QED) is 0.792. The number of nitrogens with one attached hydrogen (secondary N) is 2. The highest BCUT2D eigenvalue weighted by molar-refractivity contribution is 7.18. The van der Waals surface area contributed by atoms with Crippen molar-refractivity contribution in [1.82, 2.24) is 10.3 Å². The summed E-state index contributed by atoms with van der Waals surface area (Å²) in [6.07, 6.45) is 6.22. The van der Waals surface area contributed by atoms with E-state index in [0.717, 1.165) is 6.54 Å². The predicted molar refractivity (Wildman–Crippen MR) is 79.6 cm³/mol. The lowest BCUT2D eigenvalue weighted by atomic mass is 9.76. The monoisotopic (exact) mass is 282 g/mol. The Kier molecular flexibility index (Phi) is 4.29. The first-order chi connectivity index (χ1) is 9.04. The van der Waals surface area contributed by atoms with Crippen LogP contribution in [0, 0.1) is 5.41 Å². The van der Waals surface area contributed by atoms with Crippen molar-refractivity contribution in [2.24, 2.45) is 5.41 Å². The lowest BCUT2D eigenvalue weighted by molar-refractivity contribution is 0.0924. The van der Waals surface area contributed by atoms with E-state index in [2.05, 4.69) is 22.5 Å². The van der Waals surface area contributed by atoms with Gasteiger partial charge < -0.3 is 16.4 Å². The molecular formula is C13H22N4OS. The minimum Gasteiger partial charge on any atom is -0.382 e. The van der Waals surface area contributed by atoms with Gasteiger partial charge in [0.25, 0.3) is 5.91 Å². The van der Waals surface area contributed by atoms with E-state index >= 15 is 0 Å². The molecule has 106 valence electrons. The summed E-state index contributed by atoms with van der Waals surface area (Å²) >= 11 is 1.29. The molecule has 0 atom stereocenters. The van der Waals surface area contributed by atoms with Gasteiger partial charge in [-0.15, -0.1) is 0 Å². The number of carbonyl (C=O) groups is 1. The molecule has 0 bridgehead atoms. The SMILES string of the molecule is CNc1nc(N)c(C(=O)NCC2(C)CCCCC2)s1. The summed E-state index contributed by atoms with van der Waals surface area (Å²) in [7, 11) is 1.77. The maximum absolute atomic E-state index is 12.1. The van der Waals surface area contributed by atoms with Crippen LogP contribution in [-0.4, -0.2) is 24.5 Å². The number of nitrogens with zero attached hydrogens (tertiary/aromatic N) is 1. The summed E-state index contributed by atoms with van der Waals surface area (Å²) in [6.45, 7) is 2.97. The van der Waals surface area contributed by atoms with E-state index < -0.39 is 0 Å². The van der Waals surface area contributed by atoms with Gasteiger partial charge >= 0.3 is 0 Å². The molecule has 2 rings (SSSR count). The van der Waals surface area contributed by atoms with Crippen LogP contribution >= 0.6 is 11.3 Å². The Labute approximate surface area is 118 Å². The van der Waals surface area contributed by atoms with Crippen LogP contribution in [0.4, 0.5) is 10.9 Å². The van der Waals surface area contributed by atoms with Crippen LogP contribution in [0.2, 0.25) is 0 Å². The van der Waals surface area contributed by atoms with E-state index in [4.69, 9.17) is 5.73 Å². The van der Waals surface area contributed by atoms with Crippen LogP contribution in [0.1, 0.15) is 48.7 Å². The summed E-state index contributed by atoms with van der Waals surface area (Å²) < 4.78 is 0. The van der Waals surface area contributed by atoms with Crippen molar-refractivity contribution < 1.29 is 4.79 Å². The Morgan fingerprint density at radius 2 is 2.11 bits per heavy atom. The molecule has 0 spiro atoms. The second-order valence-electron chi connectivity index (χ2n) is 5.54. The molecule has 0 saturated heterocycles. The van der Waals surface area contributed by atoms with E-state index in [0.29, 0.717) is 15.8 Å². The standard InChI is InChI=1S/C13H22N4OS/c1-13(6-4-3-5-7-13)8-16-11(18)9-10(14)17-12(15-2)19-9/h3-8,14H2,1-2H3,(H,15,17)(H,16,18). The van der Waals surface area contributed by atoms with Crippen molar-refractivity contribution >= 4 is 28.2 Å². The van der Waals surface area contributed by atoms with Gasteiger partial charge in [0.15, 0.2) is 5.13 Å². The number of nitrogens with two attached hydrogens (primary N) is 1. The van der Waals surface area contributed by atoms with Crippen molar-refractivity contribution in [3.05, 3.63) is 4.88 Å². The summed E-state index contributed by atoms with van der Waals surface area (Å²) in [5.41, 5.74) is 5.99. The first-order valence-corrected chi connectivity index (χ1v) is 7.58. The largest absolute Gasteiger partial charge is 0.382 e. The average molecular weight is 282 g/mol. The van der Waals surface area contributed by atoms with Crippen LogP contribution < -0.4 is 16.4 Å². The lowest BCUT2D eigenvalue weighted by Crippen LogP contribution is -2.36. The second kappa shape index (κ2) is 5.77. The van der Waals surface area contributed by atoms with Gasteiger partial charge in [-0.1, -0.05) is 37.5 Å². The number of hydrogen-bond acceptors (Lipinski definition) is 5. The van der Waals surface area contributed by atoms with Crippen LogP contribution in [0.5, 0.6) is 0 Å². The van der Waals surface area contributed by atoms with Gasteiger partial charge in [0.2, 0.25) is 0 Å². The molecule has 0 aromatic carbocycles. The van der Waals surface area contributed by atoms with Crippen molar-refractivity contribution in [1.29, 1.82) is 0 Å². The molecule has 6 heteroatoms. The maximum atomic E-state index is 12.1. The zero-order valence-electron chi connectivity index (χ0n) is 11.6. The third-order valence-corrected chi connectivity index (χ3v) is 4.90. The number of rotatable bonds is 4. The molecule has 1 aliphatic rings. The molecular weight excluding hydrogens is 260 g/mol. The first kappa shape index (κ1) is 14.1. The highest BCUT2D eigenvalue weighted by Crippen LogP contribution is 2.35. The normalized spacial score (nSPS) is 18.0. The van der Waals surface area contributed by atoms with Crippen molar-refractivity contribution in [2.45, 2.75) is 39.0 Å². The fraction of sp³-hybridized carbons (Fsp3) is 0.692. The highest BCUT2D eigenvalue weighted by Gasteiger charge is 2.28. The number of anilines is 2. The molecule has 1 heterocycles. The third kappa shape index (κ3) is 3.37. The van der Waals surface area contributed by atoms with Crippen LogP contribution in [-0.2, 0) is 0 Å². The Morgan fingerprint density at radius 3 is 2.68 bits per heavy atom. The molecule has 0 unspecified atom stereocenters. The van der Waals surface area contributed by atoms with Gasteiger partial charge in [-0.25, -0.2) is 4.98 Å². The minimum atomic E-state index is -0.108. The molecule has 1 aromatic rings. The Bertz CT molecular complexity index is 451. The molecule has 1 saturated carbocycles. The molecule has 1 fully saturated rings. The smallest absolute Gasteiger partial charge is 0.265 e. The fourth-order valence-corrected chi connectivity index (χ4v) is 3.31. The number of aromatic nitrogens is 1. The number of carbonyl (C=O) groups excluding carboxylic acids is 1. The predicted octanol–water partition coefficient (Wildman–Crippen LogP) is 2.47. The van der Waals surface area contributed by atoms with Crippen molar-refractivity contribution in [2.75, 3.05) is 24.6 Å². The summed E-state index contributed by atoms with van der Waals surface area (Å²) in [5.74, 6) is 0.198. The Morgan fingerprint density at radius 1 is 1.42 bits per heavy atom. The van der Waals surface area contributed by atoms with E-state index in [1.54, 1.807) is 7.05 Å². The zero-order valence-corrected chi connectivity index (χ0v) is 12.4. The molecule has 4 N–H and O–H groups in total. The lowest BCUT2D eigenvalue weighted by Gasteiger charge is -2.33. The van der Waals surface area contributed by atoms with Gasteiger partial charge in [-0.2, -0.15) is 0 Å². The molecule has 0 radical (unpaired) electrons. The topological polar surface area (TPSA) is 80.0 Å². The van der Waals surface area contributed by atoms with Gasteiger partial charge in [0.1, 0.15) is 10.7 Å². The minimum absolute atomic E-state index is 0.108. The van der Waals surface area contributed by atoms with E-state index in [1.807, 2.05) is 0 Å². The fourth-order valence-electron chi connectivity index (χ4n) is 2.56. The van der Waals surface area contributed by atoms with Crippen molar-refractivity contribution in [3.8, 4) is 0 Å². The summed E-state index contributed by atoms with van der Waals surface area (Å²) in [5, 5.41) is 6.59. The van der Waals surface area contributed by atoms with Crippen LogP contribution in [0.25, 0.3) is 0 Å². The number of amides is 1. The summed E-state index contributed by atoms with van der Waals surface area (Å²) in [6, 6.07) is 0. The number of thiazole rings is 1. The first-order valence-electron chi connectivity index (χ1n) is 6.76. The second-order valence-corrected chi connectivity index (χ2v) is 6.54. The number of hydrogen-bond donors (Lipinski definition) is 3. The summed E-state index contributed by atoms with van der Waals surface area (Å²) in [4.78, 5) is 16.7. The average Bonchev–Trinajstić information content (AvgIpc) is 2.78. The van der Waals surface area contributed by atoms with Gasteiger partial charge in [-0.3, -0.25) is 4.79 Å². The van der Waals surface area contributed by atoms with Gasteiger partial charge in [-0.05, 0) is 18.3 Å².